The van der Waals surface area contributed by atoms with Gasteiger partial charge in [0.25, 0.3) is 0 Å². The van der Waals surface area contributed by atoms with Gasteiger partial charge in [-0.25, -0.2) is 0 Å². The van der Waals surface area contributed by atoms with Gasteiger partial charge in [-0.1, -0.05) is 32.0 Å². The Bertz CT molecular complexity index is 454. The maximum Gasteiger partial charge on any atom is 0.231 e. The fraction of sp³-hybridized carbons (Fsp3) is 0.588. The van der Waals surface area contributed by atoms with Crippen LogP contribution in [0.4, 0.5) is 5.69 Å². The molecule has 0 spiro atoms. The third-order valence-corrected chi connectivity index (χ3v) is 3.56. The maximum atomic E-state index is 12.4. The molecule has 0 heterocycles. The first kappa shape index (κ1) is 17.7. The van der Waals surface area contributed by atoms with Gasteiger partial charge < -0.3 is 16.0 Å². The smallest absolute Gasteiger partial charge is 0.231 e. The topological polar surface area (TPSA) is 58.4 Å². The van der Waals surface area contributed by atoms with Crippen molar-refractivity contribution in [2.75, 3.05) is 32.0 Å². The van der Waals surface area contributed by atoms with E-state index in [9.17, 15) is 4.79 Å². The van der Waals surface area contributed by atoms with Crippen LogP contribution in [-0.2, 0) is 4.79 Å². The summed E-state index contributed by atoms with van der Waals surface area (Å²) in [4.78, 5) is 14.6. The van der Waals surface area contributed by atoms with Crippen LogP contribution >= 0.6 is 0 Å². The molecule has 0 aliphatic rings. The van der Waals surface area contributed by atoms with Gasteiger partial charge in [0.05, 0.1) is 5.41 Å². The van der Waals surface area contributed by atoms with Gasteiger partial charge in [0.2, 0.25) is 5.91 Å². The van der Waals surface area contributed by atoms with E-state index in [0.717, 1.165) is 12.2 Å². The molecule has 1 amide bonds. The molecule has 21 heavy (non-hydrogen) atoms. The predicted octanol–water partition coefficient (Wildman–Crippen LogP) is 2.57. The number of hydrogen-bond donors (Lipinski definition) is 2. The fourth-order valence-electron chi connectivity index (χ4n) is 2.42. The van der Waals surface area contributed by atoms with Gasteiger partial charge in [0.15, 0.2) is 0 Å². The Hall–Kier alpha value is -1.39. The van der Waals surface area contributed by atoms with E-state index in [1.165, 1.54) is 0 Å². The van der Waals surface area contributed by atoms with E-state index in [1.807, 2.05) is 51.2 Å². The summed E-state index contributed by atoms with van der Waals surface area (Å²) in [6.07, 6.45) is 0. The average molecular weight is 291 g/mol. The van der Waals surface area contributed by atoms with Crippen molar-refractivity contribution in [1.29, 1.82) is 0 Å². The molecule has 3 N–H and O–H groups in total. The second kappa shape index (κ2) is 7.05. The first-order chi connectivity index (χ1) is 9.66. The molecule has 118 valence electrons. The van der Waals surface area contributed by atoms with Crippen LogP contribution in [0.2, 0.25) is 0 Å². The molecule has 1 aromatic carbocycles. The largest absolute Gasteiger partial charge is 0.330 e. The lowest BCUT2D eigenvalue weighted by Gasteiger charge is -2.34. The zero-order chi connectivity index (χ0) is 16.1. The molecule has 1 rings (SSSR count). The number of rotatable bonds is 7. The van der Waals surface area contributed by atoms with Gasteiger partial charge in [-0.3, -0.25) is 4.79 Å². The Kier molecular flexibility index (Phi) is 5.93. The summed E-state index contributed by atoms with van der Waals surface area (Å²) in [5.74, 6) is 0.0334. The molecule has 0 aliphatic heterocycles. The summed E-state index contributed by atoms with van der Waals surface area (Å²) >= 11 is 0. The van der Waals surface area contributed by atoms with E-state index in [2.05, 4.69) is 24.1 Å². The van der Waals surface area contributed by atoms with Crippen molar-refractivity contribution in [2.24, 2.45) is 16.6 Å². The highest BCUT2D eigenvalue weighted by Crippen LogP contribution is 2.22. The summed E-state index contributed by atoms with van der Waals surface area (Å²) in [5.41, 5.74) is 6.20. The lowest BCUT2D eigenvalue weighted by Crippen LogP contribution is -2.44. The number of carbonyl (C=O) groups excluding carboxylic acids is 1. The molecule has 0 bridgehead atoms. The molecular weight excluding hydrogens is 262 g/mol. The van der Waals surface area contributed by atoms with Crippen LogP contribution < -0.4 is 11.1 Å². The van der Waals surface area contributed by atoms with Crippen molar-refractivity contribution in [3.8, 4) is 0 Å². The van der Waals surface area contributed by atoms with Crippen molar-refractivity contribution in [1.82, 2.24) is 4.90 Å². The SMILES string of the molecule is CN(CC(C)(C)CN)CC(C)(C)C(=O)Nc1ccccc1. The van der Waals surface area contributed by atoms with E-state index in [4.69, 9.17) is 5.73 Å². The molecule has 0 saturated heterocycles. The van der Waals surface area contributed by atoms with Crippen LogP contribution in [0.3, 0.4) is 0 Å². The Morgan fingerprint density at radius 3 is 2.24 bits per heavy atom. The minimum absolute atomic E-state index is 0.0334. The van der Waals surface area contributed by atoms with Crippen LogP contribution in [0.5, 0.6) is 0 Å². The average Bonchev–Trinajstić information content (AvgIpc) is 2.38. The van der Waals surface area contributed by atoms with Crippen LogP contribution in [-0.4, -0.2) is 37.5 Å². The second-order valence-corrected chi connectivity index (χ2v) is 7.24. The van der Waals surface area contributed by atoms with Gasteiger partial charge in [0, 0.05) is 18.8 Å². The third kappa shape index (κ3) is 5.86. The van der Waals surface area contributed by atoms with Crippen molar-refractivity contribution in [3.05, 3.63) is 30.3 Å². The molecule has 0 unspecified atom stereocenters. The van der Waals surface area contributed by atoms with Gasteiger partial charge in [0.1, 0.15) is 0 Å². The summed E-state index contributed by atoms with van der Waals surface area (Å²) in [6.45, 7) is 10.4. The Labute approximate surface area is 128 Å². The highest BCUT2D eigenvalue weighted by Gasteiger charge is 2.30. The number of benzene rings is 1. The van der Waals surface area contributed by atoms with Gasteiger partial charge >= 0.3 is 0 Å². The quantitative estimate of drug-likeness (QED) is 0.812. The fourth-order valence-corrected chi connectivity index (χ4v) is 2.42. The maximum absolute atomic E-state index is 12.4. The van der Waals surface area contributed by atoms with Gasteiger partial charge in [-0.2, -0.15) is 0 Å². The lowest BCUT2D eigenvalue weighted by molar-refractivity contribution is -0.124. The minimum Gasteiger partial charge on any atom is -0.330 e. The molecule has 0 aliphatic carbocycles. The summed E-state index contributed by atoms with van der Waals surface area (Å²) < 4.78 is 0. The second-order valence-electron chi connectivity index (χ2n) is 7.24. The van der Waals surface area contributed by atoms with Gasteiger partial charge in [-0.05, 0) is 45.0 Å². The molecule has 0 aromatic heterocycles. The monoisotopic (exact) mass is 291 g/mol. The molecular formula is C17H29N3O. The zero-order valence-electron chi connectivity index (χ0n) is 13.9. The number of amides is 1. The van der Waals surface area contributed by atoms with E-state index >= 15 is 0 Å². The van der Waals surface area contributed by atoms with E-state index in [-0.39, 0.29) is 11.3 Å². The molecule has 1 aromatic rings. The molecule has 0 fully saturated rings. The van der Waals surface area contributed by atoms with Crippen LogP contribution in [0.15, 0.2) is 30.3 Å². The Morgan fingerprint density at radius 2 is 1.71 bits per heavy atom. The number of nitrogens with zero attached hydrogens (tertiary/aromatic N) is 1. The number of nitrogens with one attached hydrogen (secondary N) is 1. The molecule has 0 saturated carbocycles. The predicted molar refractivity (Wildman–Crippen MR) is 89.2 cm³/mol. The third-order valence-electron chi connectivity index (χ3n) is 3.56. The normalized spacial score (nSPS) is 12.5. The standard InChI is InChI=1S/C17H29N3O/c1-16(2,11-18)12-20(5)13-17(3,4)15(21)19-14-9-7-6-8-10-14/h6-10H,11-13,18H2,1-5H3,(H,19,21). The van der Waals surface area contributed by atoms with Crippen molar-refractivity contribution >= 4 is 11.6 Å². The minimum atomic E-state index is -0.463. The first-order valence-corrected chi connectivity index (χ1v) is 7.41. The number of anilines is 1. The highest BCUT2D eigenvalue weighted by atomic mass is 16.2. The number of nitrogens with two attached hydrogens (primary N) is 1. The number of para-hydroxylation sites is 1. The molecule has 0 atom stereocenters. The van der Waals surface area contributed by atoms with Crippen molar-refractivity contribution in [2.45, 2.75) is 27.7 Å². The van der Waals surface area contributed by atoms with Crippen LogP contribution in [0, 0.1) is 10.8 Å². The van der Waals surface area contributed by atoms with Gasteiger partial charge in [-0.15, -0.1) is 0 Å². The Balaban J connectivity index is 2.61. The lowest BCUT2D eigenvalue weighted by atomic mass is 9.89. The van der Waals surface area contributed by atoms with E-state index < -0.39 is 5.41 Å². The first-order valence-electron chi connectivity index (χ1n) is 7.41. The summed E-state index contributed by atoms with van der Waals surface area (Å²) in [5, 5.41) is 2.97. The van der Waals surface area contributed by atoms with Crippen molar-refractivity contribution in [3.63, 3.8) is 0 Å². The van der Waals surface area contributed by atoms with Crippen molar-refractivity contribution < 1.29 is 4.79 Å². The summed E-state index contributed by atoms with van der Waals surface area (Å²) in [6, 6.07) is 9.56. The number of carbonyl (C=O) groups is 1. The Morgan fingerprint density at radius 1 is 1.14 bits per heavy atom. The zero-order valence-corrected chi connectivity index (χ0v) is 13.9. The van der Waals surface area contributed by atoms with Crippen LogP contribution in [0.1, 0.15) is 27.7 Å². The van der Waals surface area contributed by atoms with Crippen LogP contribution in [0.25, 0.3) is 0 Å². The molecule has 4 heteroatoms. The summed E-state index contributed by atoms with van der Waals surface area (Å²) in [7, 11) is 2.04. The molecule has 0 radical (unpaired) electrons. The van der Waals surface area contributed by atoms with E-state index in [1.54, 1.807) is 0 Å². The number of hydrogen-bond acceptors (Lipinski definition) is 3. The highest BCUT2D eigenvalue weighted by molar-refractivity contribution is 5.94. The molecule has 4 nitrogen and oxygen atoms in total. The van der Waals surface area contributed by atoms with E-state index in [0.29, 0.717) is 13.1 Å².